The average Bonchev–Trinajstić information content (AvgIpc) is 3.12. The van der Waals surface area contributed by atoms with Crippen LogP contribution in [0.3, 0.4) is 0 Å². The highest BCUT2D eigenvalue weighted by Gasteiger charge is 2.45. The molecule has 0 aliphatic carbocycles. The zero-order valence-corrected chi connectivity index (χ0v) is 37.1. The Kier molecular flexibility index (Phi) is 13.2. The first-order valence-electron chi connectivity index (χ1n) is 18.5. The number of carbonyl (C=O) groups is 1. The number of hydrogen-bond acceptors (Lipinski definition) is 9. The van der Waals surface area contributed by atoms with Crippen molar-refractivity contribution in [2.24, 2.45) is 0 Å². The second kappa shape index (κ2) is 16.7. The van der Waals surface area contributed by atoms with E-state index >= 15 is 0 Å². The number of ether oxygens (including phenoxy) is 5. The molecule has 2 atom stereocenters. The second-order valence-corrected chi connectivity index (χ2v) is 26.4. The molecule has 4 rings (SSSR count). The van der Waals surface area contributed by atoms with E-state index in [1.165, 1.54) is 14.2 Å². The number of benzene rings is 4. The fourth-order valence-corrected chi connectivity index (χ4v) is 7.49. The number of carbonyl (C=O) groups excluding carboxylic acids is 1. The molecule has 4 aromatic rings. The summed E-state index contributed by atoms with van der Waals surface area (Å²) >= 11 is 0. The van der Waals surface area contributed by atoms with Crippen molar-refractivity contribution in [3.05, 3.63) is 107 Å². The summed E-state index contributed by atoms with van der Waals surface area (Å²) in [6.07, 6.45) is -0.609. The summed E-state index contributed by atoms with van der Waals surface area (Å²) in [5.41, 5.74) is -0.262. The molecule has 0 aliphatic heterocycles. The van der Waals surface area contributed by atoms with Gasteiger partial charge in [-0.2, -0.15) is 0 Å². The first-order valence-corrected chi connectivity index (χ1v) is 24.4. The van der Waals surface area contributed by atoms with Crippen LogP contribution in [-0.4, -0.2) is 56.1 Å². The van der Waals surface area contributed by atoms with Crippen molar-refractivity contribution in [3.63, 3.8) is 0 Å². The fourth-order valence-electron chi connectivity index (χ4n) is 5.46. The first-order chi connectivity index (χ1) is 25.6. The highest BCUT2D eigenvalue weighted by Crippen LogP contribution is 2.43. The summed E-state index contributed by atoms with van der Waals surface area (Å²) < 4.78 is 42.3. The first kappa shape index (κ1) is 43.3. The molecule has 0 spiro atoms. The molecule has 55 heavy (non-hydrogen) atoms. The molecule has 0 heterocycles. The Balaban J connectivity index is 1.95. The maximum atomic E-state index is 14.9. The average molecular weight is 789 g/mol. The lowest BCUT2D eigenvalue weighted by Gasteiger charge is -2.38. The fraction of sp³-hybridized carbons (Fsp3) is 0.432. The Hall–Kier alpha value is -4.46. The molecule has 11 heteroatoms. The third kappa shape index (κ3) is 10.1. The van der Waals surface area contributed by atoms with Crippen LogP contribution in [0.1, 0.15) is 69.9 Å². The summed E-state index contributed by atoms with van der Waals surface area (Å²) in [5, 5.41) is 12.6. The highest BCUT2D eigenvalue weighted by atomic mass is 28.4. The molecule has 0 aromatic heterocycles. The number of rotatable bonds is 15. The molecule has 0 fully saturated rings. The largest absolute Gasteiger partial charge is 0.543 e. The third-order valence-electron chi connectivity index (χ3n) is 11.0. The van der Waals surface area contributed by atoms with Crippen LogP contribution in [-0.2, 0) is 21.6 Å². The quantitative estimate of drug-likeness (QED) is 0.0932. The van der Waals surface area contributed by atoms with Crippen molar-refractivity contribution in [2.75, 3.05) is 28.4 Å². The molecule has 4 aromatic carbocycles. The smallest absolute Gasteiger partial charge is 0.348 e. The van der Waals surface area contributed by atoms with Gasteiger partial charge in [0.05, 0.1) is 28.4 Å². The van der Waals surface area contributed by atoms with E-state index in [1.54, 1.807) is 56.7 Å². The topological polar surface area (TPSA) is 102 Å². The minimum atomic E-state index is -2.32. The van der Waals surface area contributed by atoms with Gasteiger partial charge in [-0.15, -0.1) is 0 Å². The van der Waals surface area contributed by atoms with Crippen LogP contribution in [0.4, 0.5) is 0 Å². The van der Waals surface area contributed by atoms with E-state index in [1.807, 2.05) is 42.5 Å². The van der Waals surface area contributed by atoms with Gasteiger partial charge in [-0.1, -0.05) is 65.8 Å². The Morgan fingerprint density at radius 3 is 1.36 bits per heavy atom. The van der Waals surface area contributed by atoms with E-state index in [2.05, 4.69) is 67.7 Å². The van der Waals surface area contributed by atoms with Crippen LogP contribution in [0.5, 0.6) is 34.5 Å². The number of methoxy groups -OCH3 is 4. The van der Waals surface area contributed by atoms with Crippen LogP contribution >= 0.6 is 0 Å². The molecule has 9 nitrogen and oxygen atoms in total. The minimum absolute atomic E-state index is 0.0783. The van der Waals surface area contributed by atoms with Crippen LogP contribution in [0, 0.1) is 0 Å². The Morgan fingerprint density at radius 2 is 0.964 bits per heavy atom. The number of hydrogen-bond donors (Lipinski definition) is 1. The van der Waals surface area contributed by atoms with Gasteiger partial charge in [0.25, 0.3) is 0 Å². The van der Waals surface area contributed by atoms with Crippen LogP contribution in [0.2, 0.25) is 36.3 Å². The zero-order valence-electron chi connectivity index (χ0n) is 35.1. The monoisotopic (exact) mass is 788 g/mol. The molecule has 0 saturated heterocycles. The third-order valence-corrected chi connectivity index (χ3v) is 19.8. The van der Waals surface area contributed by atoms with Gasteiger partial charge in [0.15, 0.2) is 0 Å². The molecule has 0 saturated carbocycles. The predicted octanol–water partition coefficient (Wildman–Crippen LogP) is 10.3. The Bertz CT molecular complexity index is 1840. The van der Waals surface area contributed by atoms with Gasteiger partial charge in [0.2, 0.25) is 22.2 Å². The molecule has 1 N–H and O–H groups in total. The maximum Gasteiger partial charge on any atom is 0.348 e. The number of aliphatic hydroxyl groups is 1. The zero-order chi connectivity index (χ0) is 41.0. The van der Waals surface area contributed by atoms with E-state index in [0.29, 0.717) is 40.1 Å². The summed E-state index contributed by atoms with van der Waals surface area (Å²) in [6.45, 7) is 21.9. The molecular formula is C44H60O9Si2. The van der Waals surface area contributed by atoms with E-state index in [9.17, 15) is 9.90 Å². The Labute approximate surface area is 330 Å². The maximum absolute atomic E-state index is 14.9. The van der Waals surface area contributed by atoms with Gasteiger partial charge in [-0.25, -0.2) is 4.79 Å². The molecule has 0 amide bonds. The lowest BCUT2D eigenvalue weighted by molar-refractivity contribution is -0.168. The van der Waals surface area contributed by atoms with E-state index in [4.69, 9.17) is 32.5 Å². The van der Waals surface area contributed by atoms with Gasteiger partial charge < -0.3 is 37.6 Å². The lowest BCUT2D eigenvalue weighted by atomic mass is 9.85. The minimum Gasteiger partial charge on any atom is -0.543 e. The van der Waals surface area contributed by atoms with Crippen molar-refractivity contribution in [2.45, 2.75) is 95.9 Å². The van der Waals surface area contributed by atoms with E-state index < -0.39 is 34.3 Å². The highest BCUT2D eigenvalue weighted by molar-refractivity contribution is 6.75. The second-order valence-electron chi connectivity index (χ2n) is 16.9. The molecular weight excluding hydrogens is 729 g/mol. The SMILES string of the molecule is COc1ccc(CC(OC(=O)C(O)(c2ccc(OC)cc2)c2cc(OC)cc(OC)c2)c2cc(O[Si](C)(C)C(C)(C)C)cc(O[Si](C)(C)C(C)(C)C)c2)cc1. The van der Waals surface area contributed by atoms with Crippen LogP contribution in [0.15, 0.2) is 84.9 Å². The summed E-state index contributed by atoms with van der Waals surface area (Å²) in [6, 6.07) is 25.0. The lowest BCUT2D eigenvalue weighted by Crippen LogP contribution is -2.44. The molecule has 2 unspecified atom stereocenters. The normalized spacial score (nSPS) is 13.9. The standard InChI is InChI=1S/C44H60O9Si2/c1-42(2,3)54(11,12)52-38-24-31(25-39(29-38)53-55(13,14)43(4,5)6)40(23-30-15-19-34(47-7)20-16-30)51-41(45)44(46,32-17-21-35(48-8)22-18-32)33-26-36(49-9)28-37(27-33)50-10/h15-22,24-29,40,46H,23H2,1-14H3. The van der Waals surface area contributed by atoms with Gasteiger partial charge in [-0.3, -0.25) is 0 Å². The van der Waals surface area contributed by atoms with Gasteiger partial charge in [0.1, 0.15) is 40.6 Å². The number of esters is 1. The molecule has 0 radical (unpaired) electrons. The summed E-state index contributed by atoms with van der Waals surface area (Å²) in [5.74, 6) is 2.43. The van der Waals surface area contributed by atoms with E-state index in [0.717, 1.165) is 5.56 Å². The van der Waals surface area contributed by atoms with Crippen molar-refractivity contribution in [1.82, 2.24) is 0 Å². The van der Waals surface area contributed by atoms with Crippen LogP contribution in [0.25, 0.3) is 0 Å². The molecule has 298 valence electrons. The van der Waals surface area contributed by atoms with Crippen molar-refractivity contribution < 1.29 is 42.4 Å². The summed E-state index contributed by atoms with van der Waals surface area (Å²) in [4.78, 5) is 14.9. The van der Waals surface area contributed by atoms with Gasteiger partial charge in [0, 0.05) is 24.1 Å². The molecule has 0 aliphatic rings. The van der Waals surface area contributed by atoms with Crippen molar-refractivity contribution >= 4 is 22.6 Å². The van der Waals surface area contributed by atoms with E-state index in [-0.39, 0.29) is 27.6 Å². The van der Waals surface area contributed by atoms with Gasteiger partial charge >= 0.3 is 5.97 Å². The molecule has 0 bridgehead atoms. The van der Waals surface area contributed by atoms with Crippen molar-refractivity contribution in [1.29, 1.82) is 0 Å². The summed E-state index contributed by atoms with van der Waals surface area (Å²) in [7, 11) is 1.55. The van der Waals surface area contributed by atoms with Gasteiger partial charge in [-0.05, 0) is 101 Å². The van der Waals surface area contributed by atoms with Crippen molar-refractivity contribution in [3.8, 4) is 34.5 Å². The predicted molar refractivity (Wildman–Crippen MR) is 223 cm³/mol. The Morgan fingerprint density at radius 1 is 0.564 bits per heavy atom. The van der Waals surface area contributed by atoms with Crippen LogP contribution < -0.4 is 27.8 Å².